The summed E-state index contributed by atoms with van der Waals surface area (Å²) in [5.41, 5.74) is 2.02. The van der Waals surface area contributed by atoms with Gasteiger partial charge in [0, 0.05) is 24.2 Å². The molecule has 1 unspecified atom stereocenters. The second kappa shape index (κ2) is 9.58. The fourth-order valence-corrected chi connectivity index (χ4v) is 7.23. The molecular weight excluding hydrogens is 525 g/mol. The lowest BCUT2D eigenvalue weighted by Gasteiger charge is -2.65. The lowest BCUT2D eigenvalue weighted by atomic mass is 9.42. The number of alkyl halides is 1. The van der Waals surface area contributed by atoms with Crippen molar-refractivity contribution in [2.24, 2.45) is 5.41 Å². The summed E-state index contributed by atoms with van der Waals surface area (Å²) >= 11 is 1.66. The number of hydrogen-bond acceptors (Lipinski definition) is 7. The number of benzene rings is 1. The summed E-state index contributed by atoms with van der Waals surface area (Å²) in [4.78, 5) is 29.3. The number of hydrogen-bond donors (Lipinski definition) is 0. The molecule has 206 valence electrons. The zero-order valence-corrected chi connectivity index (χ0v) is 23.4. The van der Waals surface area contributed by atoms with Crippen LogP contribution in [-0.2, 0) is 4.79 Å². The highest BCUT2D eigenvalue weighted by Crippen LogP contribution is 2.70. The number of rotatable bonds is 11. The number of fused-ring (bicyclic) bond motifs is 1. The standard InChI is InChI=1S/C31H32FN5O2S/c1-3-20(28-35-27(36-39-28)21-7-8-21)6-4-5-11-37(29(38)30-16-31(32,17-30)18-30)24-12-23(14-33-15-24)22-9-10-25-26(13-22)40-19(2)34-25/h3,9-10,12-15,20-21H,1,4-8,11,16-18H2,2H3. The van der Waals surface area contributed by atoms with Gasteiger partial charge in [-0.2, -0.15) is 4.98 Å². The number of pyridine rings is 1. The Morgan fingerprint density at radius 3 is 2.77 bits per heavy atom. The van der Waals surface area contributed by atoms with Gasteiger partial charge in [0.25, 0.3) is 0 Å². The van der Waals surface area contributed by atoms with Crippen LogP contribution < -0.4 is 4.90 Å². The average molecular weight is 558 g/mol. The third kappa shape index (κ3) is 4.54. The monoisotopic (exact) mass is 557 g/mol. The summed E-state index contributed by atoms with van der Waals surface area (Å²) in [6, 6.07) is 8.23. The van der Waals surface area contributed by atoms with E-state index in [0.29, 0.717) is 37.6 Å². The predicted octanol–water partition coefficient (Wildman–Crippen LogP) is 7.29. The lowest BCUT2D eigenvalue weighted by Crippen LogP contribution is -2.70. The first kappa shape index (κ1) is 25.5. The zero-order chi connectivity index (χ0) is 27.5. The highest BCUT2D eigenvalue weighted by molar-refractivity contribution is 7.18. The van der Waals surface area contributed by atoms with Crippen LogP contribution in [0.3, 0.4) is 0 Å². The van der Waals surface area contributed by atoms with Crippen LogP contribution >= 0.6 is 11.3 Å². The molecule has 9 heteroatoms. The van der Waals surface area contributed by atoms with Gasteiger partial charge in [0.05, 0.1) is 38.4 Å². The van der Waals surface area contributed by atoms with Crippen LogP contribution in [0.4, 0.5) is 10.1 Å². The number of amides is 1. The first-order valence-corrected chi connectivity index (χ1v) is 15.0. The Morgan fingerprint density at radius 2 is 2.02 bits per heavy atom. The van der Waals surface area contributed by atoms with Crippen LogP contribution in [0.5, 0.6) is 0 Å². The van der Waals surface area contributed by atoms with Crippen LogP contribution in [0, 0.1) is 12.3 Å². The highest BCUT2D eigenvalue weighted by Gasteiger charge is 2.73. The predicted molar refractivity (Wildman–Crippen MR) is 153 cm³/mol. The molecule has 0 spiro atoms. The van der Waals surface area contributed by atoms with E-state index in [2.05, 4.69) is 32.8 Å². The van der Waals surface area contributed by atoms with Crippen LogP contribution in [-0.4, -0.2) is 38.2 Å². The van der Waals surface area contributed by atoms with Crippen molar-refractivity contribution in [2.45, 2.75) is 75.8 Å². The van der Waals surface area contributed by atoms with Gasteiger partial charge in [-0.1, -0.05) is 23.7 Å². The molecule has 3 heterocycles. The van der Waals surface area contributed by atoms with Gasteiger partial charge in [-0.15, -0.1) is 17.9 Å². The molecule has 0 saturated heterocycles. The molecule has 40 heavy (non-hydrogen) atoms. The van der Waals surface area contributed by atoms with Crippen LogP contribution in [0.15, 0.2) is 53.8 Å². The molecule has 4 aliphatic rings. The van der Waals surface area contributed by atoms with E-state index in [1.165, 1.54) is 0 Å². The maximum atomic E-state index is 14.4. The molecule has 0 N–H and O–H groups in total. The number of aryl methyl sites for hydroxylation is 1. The average Bonchev–Trinajstić information content (AvgIpc) is 3.53. The molecule has 0 radical (unpaired) electrons. The number of unbranched alkanes of at least 4 members (excludes halogenated alkanes) is 1. The quantitative estimate of drug-likeness (QED) is 0.142. The normalized spacial score (nSPS) is 23.9. The molecule has 1 aromatic carbocycles. The number of carbonyl (C=O) groups excluding carboxylic acids is 1. The Balaban J connectivity index is 1.08. The van der Waals surface area contributed by atoms with Crippen molar-refractivity contribution >= 4 is 33.1 Å². The minimum absolute atomic E-state index is 0.0107. The molecule has 4 fully saturated rings. The number of anilines is 1. The van der Waals surface area contributed by atoms with Gasteiger partial charge in [0.1, 0.15) is 5.67 Å². The highest BCUT2D eigenvalue weighted by atomic mass is 32.1. The van der Waals surface area contributed by atoms with Gasteiger partial charge < -0.3 is 9.42 Å². The van der Waals surface area contributed by atoms with Crippen LogP contribution in [0.2, 0.25) is 0 Å². The van der Waals surface area contributed by atoms with E-state index in [0.717, 1.165) is 70.0 Å². The fourth-order valence-electron chi connectivity index (χ4n) is 6.36. The summed E-state index contributed by atoms with van der Waals surface area (Å²) < 4.78 is 21.0. The minimum atomic E-state index is -1.13. The van der Waals surface area contributed by atoms with Gasteiger partial charge in [-0.05, 0) is 75.6 Å². The number of nitrogens with zero attached hydrogens (tertiary/aromatic N) is 5. The van der Waals surface area contributed by atoms with Crippen molar-refractivity contribution in [2.75, 3.05) is 11.4 Å². The van der Waals surface area contributed by atoms with Crippen molar-refractivity contribution in [3.63, 3.8) is 0 Å². The molecule has 3 aromatic heterocycles. The van der Waals surface area contributed by atoms with E-state index in [1.54, 1.807) is 17.5 Å². The summed E-state index contributed by atoms with van der Waals surface area (Å²) in [6.45, 7) is 6.53. The SMILES string of the molecule is C=CC(CCCCN(C(=O)C12CC(F)(C1)C2)c1cncc(-c2ccc3nc(C)sc3c2)c1)c1nc(C2CC2)no1. The molecule has 4 aromatic rings. The Labute approximate surface area is 236 Å². The van der Waals surface area contributed by atoms with Gasteiger partial charge in [-0.3, -0.25) is 9.78 Å². The Kier molecular flexibility index (Phi) is 6.11. The number of allylic oxidation sites excluding steroid dienone is 1. The minimum Gasteiger partial charge on any atom is -0.339 e. The lowest BCUT2D eigenvalue weighted by molar-refractivity contribution is -0.211. The second-order valence-electron chi connectivity index (χ2n) is 11.9. The van der Waals surface area contributed by atoms with Gasteiger partial charge >= 0.3 is 0 Å². The van der Waals surface area contributed by atoms with E-state index < -0.39 is 11.1 Å². The van der Waals surface area contributed by atoms with E-state index in [4.69, 9.17) is 4.52 Å². The molecule has 1 amide bonds. The third-order valence-electron chi connectivity index (χ3n) is 8.68. The first-order valence-electron chi connectivity index (χ1n) is 14.1. The van der Waals surface area contributed by atoms with Crippen molar-refractivity contribution in [3.05, 3.63) is 66.0 Å². The van der Waals surface area contributed by atoms with Crippen LogP contribution in [0.25, 0.3) is 21.3 Å². The van der Waals surface area contributed by atoms with Crippen molar-refractivity contribution in [1.82, 2.24) is 20.1 Å². The maximum absolute atomic E-state index is 14.4. The van der Waals surface area contributed by atoms with Gasteiger partial charge in [-0.25, -0.2) is 9.37 Å². The molecular formula is C31H32FN5O2S. The maximum Gasteiger partial charge on any atom is 0.233 e. The smallest absolute Gasteiger partial charge is 0.233 e. The van der Waals surface area contributed by atoms with Crippen molar-refractivity contribution < 1.29 is 13.7 Å². The Bertz CT molecular complexity index is 1590. The fraction of sp³-hybridized carbons (Fsp3) is 0.452. The van der Waals surface area contributed by atoms with Gasteiger partial charge in [0.2, 0.25) is 11.8 Å². The largest absolute Gasteiger partial charge is 0.339 e. The Morgan fingerprint density at radius 1 is 1.20 bits per heavy atom. The topological polar surface area (TPSA) is 85.0 Å². The molecule has 4 saturated carbocycles. The Hall–Kier alpha value is -3.46. The van der Waals surface area contributed by atoms with E-state index in [-0.39, 0.29) is 11.8 Å². The number of aromatic nitrogens is 4. The summed E-state index contributed by atoms with van der Waals surface area (Å²) in [6.07, 6.45) is 11.2. The van der Waals surface area contributed by atoms with E-state index in [9.17, 15) is 9.18 Å². The van der Waals surface area contributed by atoms with Crippen molar-refractivity contribution in [3.8, 4) is 11.1 Å². The zero-order valence-electron chi connectivity index (χ0n) is 22.6. The number of thiazole rings is 1. The molecule has 4 aliphatic carbocycles. The molecule has 7 nitrogen and oxygen atoms in total. The van der Waals surface area contributed by atoms with E-state index >= 15 is 0 Å². The van der Waals surface area contributed by atoms with Crippen molar-refractivity contribution in [1.29, 1.82) is 0 Å². The second-order valence-corrected chi connectivity index (χ2v) is 13.1. The molecule has 2 bridgehead atoms. The summed E-state index contributed by atoms with van der Waals surface area (Å²) in [7, 11) is 0. The molecule has 1 atom stereocenters. The summed E-state index contributed by atoms with van der Waals surface area (Å²) in [5, 5.41) is 5.17. The molecule has 8 rings (SSSR count). The summed E-state index contributed by atoms with van der Waals surface area (Å²) in [5.74, 6) is 1.88. The first-order chi connectivity index (χ1) is 19.3. The van der Waals surface area contributed by atoms with E-state index in [1.807, 2.05) is 42.3 Å². The molecule has 0 aliphatic heterocycles. The number of halogens is 1. The third-order valence-corrected chi connectivity index (χ3v) is 9.61. The van der Waals surface area contributed by atoms with Crippen LogP contribution in [0.1, 0.15) is 79.9 Å². The number of carbonyl (C=O) groups is 1. The van der Waals surface area contributed by atoms with Gasteiger partial charge in [0.15, 0.2) is 5.82 Å².